The van der Waals surface area contributed by atoms with E-state index in [1.54, 1.807) is 20.0 Å². The van der Waals surface area contributed by atoms with Gasteiger partial charge in [0.15, 0.2) is 5.82 Å². The first-order valence-corrected chi connectivity index (χ1v) is 6.19. The number of rotatable bonds is 4. The summed E-state index contributed by atoms with van der Waals surface area (Å²) < 4.78 is 1.82. The van der Waals surface area contributed by atoms with Crippen LogP contribution in [-0.2, 0) is 0 Å². The molecular weight excluding hydrogens is 228 g/mol. The number of hydrogen-bond donors (Lipinski definition) is 1. The highest BCUT2D eigenvalue weighted by atomic mass is 16.3. The molecule has 0 fully saturated rings. The van der Waals surface area contributed by atoms with E-state index in [4.69, 9.17) is 0 Å². The van der Waals surface area contributed by atoms with Crippen LogP contribution in [0.2, 0.25) is 0 Å². The molecule has 0 amide bonds. The summed E-state index contributed by atoms with van der Waals surface area (Å²) in [7, 11) is 0. The van der Waals surface area contributed by atoms with Crippen molar-refractivity contribution < 1.29 is 5.11 Å². The van der Waals surface area contributed by atoms with Gasteiger partial charge in [0.25, 0.3) is 0 Å². The van der Waals surface area contributed by atoms with Gasteiger partial charge in [-0.1, -0.05) is 0 Å². The molecule has 18 heavy (non-hydrogen) atoms. The van der Waals surface area contributed by atoms with E-state index in [9.17, 15) is 5.11 Å². The summed E-state index contributed by atoms with van der Waals surface area (Å²) in [4.78, 5) is 6.50. The SMILES string of the molecule is CCN(CC(C)(C)O)c1nccn2nc(C)cc12. The first-order chi connectivity index (χ1) is 8.40. The van der Waals surface area contributed by atoms with Crippen molar-refractivity contribution in [2.24, 2.45) is 0 Å². The van der Waals surface area contributed by atoms with Crippen LogP contribution in [0, 0.1) is 6.92 Å². The molecule has 0 spiro atoms. The molecule has 5 heteroatoms. The summed E-state index contributed by atoms with van der Waals surface area (Å²) in [5, 5.41) is 14.3. The smallest absolute Gasteiger partial charge is 0.154 e. The first kappa shape index (κ1) is 12.8. The molecule has 5 nitrogen and oxygen atoms in total. The average Bonchev–Trinajstić information content (AvgIpc) is 2.64. The Labute approximate surface area is 107 Å². The Morgan fingerprint density at radius 3 is 2.78 bits per heavy atom. The van der Waals surface area contributed by atoms with Crippen LogP contribution in [0.15, 0.2) is 18.5 Å². The van der Waals surface area contributed by atoms with Crippen molar-refractivity contribution in [2.45, 2.75) is 33.3 Å². The lowest BCUT2D eigenvalue weighted by Gasteiger charge is -2.29. The Kier molecular flexibility index (Phi) is 3.26. The third-order valence-electron chi connectivity index (χ3n) is 2.75. The number of fused-ring (bicyclic) bond motifs is 1. The lowest BCUT2D eigenvalue weighted by molar-refractivity contribution is 0.0874. The predicted molar refractivity (Wildman–Crippen MR) is 71.9 cm³/mol. The molecule has 0 saturated carbocycles. The summed E-state index contributed by atoms with van der Waals surface area (Å²) >= 11 is 0. The molecule has 2 aromatic rings. The summed E-state index contributed by atoms with van der Waals surface area (Å²) in [6.45, 7) is 8.96. The molecule has 0 bridgehead atoms. The van der Waals surface area contributed by atoms with E-state index in [-0.39, 0.29) is 0 Å². The number of nitrogens with zero attached hydrogens (tertiary/aromatic N) is 4. The van der Waals surface area contributed by atoms with Crippen LogP contribution in [0.25, 0.3) is 5.52 Å². The number of aryl methyl sites for hydroxylation is 1. The fourth-order valence-electron chi connectivity index (χ4n) is 2.08. The van der Waals surface area contributed by atoms with Gasteiger partial charge in [-0.25, -0.2) is 9.50 Å². The van der Waals surface area contributed by atoms with E-state index >= 15 is 0 Å². The molecule has 2 heterocycles. The van der Waals surface area contributed by atoms with Crippen molar-refractivity contribution in [1.82, 2.24) is 14.6 Å². The predicted octanol–water partition coefficient (Wildman–Crippen LogP) is 1.63. The van der Waals surface area contributed by atoms with Crippen LogP contribution in [0.4, 0.5) is 5.82 Å². The third kappa shape index (κ3) is 2.61. The summed E-state index contributed by atoms with van der Waals surface area (Å²) in [6.07, 6.45) is 3.57. The van der Waals surface area contributed by atoms with Gasteiger partial charge in [-0.15, -0.1) is 0 Å². The molecule has 0 radical (unpaired) electrons. The van der Waals surface area contributed by atoms with E-state index in [2.05, 4.69) is 21.9 Å². The van der Waals surface area contributed by atoms with Crippen LogP contribution in [0.3, 0.4) is 0 Å². The largest absolute Gasteiger partial charge is 0.389 e. The Morgan fingerprint density at radius 2 is 2.17 bits per heavy atom. The van der Waals surface area contributed by atoms with E-state index < -0.39 is 5.60 Å². The minimum atomic E-state index is -0.750. The number of hydrogen-bond acceptors (Lipinski definition) is 4. The average molecular weight is 248 g/mol. The highest BCUT2D eigenvalue weighted by Crippen LogP contribution is 2.21. The van der Waals surface area contributed by atoms with Crippen molar-refractivity contribution in [3.05, 3.63) is 24.2 Å². The zero-order valence-corrected chi connectivity index (χ0v) is 11.4. The molecule has 0 aliphatic carbocycles. The fourth-order valence-corrected chi connectivity index (χ4v) is 2.08. The maximum atomic E-state index is 9.97. The minimum absolute atomic E-state index is 0.542. The lowest BCUT2D eigenvalue weighted by atomic mass is 10.1. The second-order valence-electron chi connectivity index (χ2n) is 5.19. The fraction of sp³-hybridized carbons (Fsp3) is 0.538. The Balaban J connectivity index is 2.44. The number of likely N-dealkylation sites (N-methyl/N-ethyl adjacent to an activating group) is 1. The van der Waals surface area contributed by atoms with Gasteiger partial charge in [-0.2, -0.15) is 5.10 Å². The maximum absolute atomic E-state index is 9.97. The Hall–Kier alpha value is -1.62. The Morgan fingerprint density at radius 1 is 1.44 bits per heavy atom. The van der Waals surface area contributed by atoms with Crippen LogP contribution < -0.4 is 4.90 Å². The third-order valence-corrected chi connectivity index (χ3v) is 2.75. The van der Waals surface area contributed by atoms with Gasteiger partial charge in [0.1, 0.15) is 5.52 Å². The second kappa shape index (κ2) is 4.57. The van der Waals surface area contributed by atoms with Crippen LogP contribution in [0.1, 0.15) is 26.5 Å². The van der Waals surface area contributed by atoms with Gasteiger partial charge in [0, 0.05) is 25.5 Å². The molecule has 0 atom stereocenters. The lowest BCUT2D eigenvalue weighted by Crippen LogP contribution is -2.39. The minimum Gasteiger partial charge on any atom is -0.389 e. The van der Waals surface area contributed by atoms with Gasteiger partial charge in [0.2, 0.25) is 0 Å². The van der Waals surface area contributed by atoms with Crippen molar-refractivity contribution in [3.63, 3.8) is 0 Å². The molecule has 0 unspecified atom stereocenters. The first-order valence-electron chi connectivity index (χ1n) is 6.19. The van der Waals surface area contributed by atoms with E-state index in [1.807, 2.05) is 23.7 Å². The monoisotopic (exact) mass is 248 g/mol. The van der Waals surface area contributed by atoms with Gasteiger partial charge in [-0.3, -0.25) is 0 Å². The number of aliphatic hydroxyl groups is 1. The standard InChI is InChI=1S/C13H20N4O/c1-5-16(9-13(3,4)18)12-11-8-10(2)15-17(11)7-6-14-12/h6-8,18H,5,9H2,1-4H3. The zero-order chi connectivity index (χ0) is 13.3. The normalized spacial score (nSPS) is 12.1. The van der Waals surface area contributed by atoms with E-state index in [0.29, 0.717) is 6.54 Å². The van der Waals surface area contributed by atoms with Crippen molar-refractivity contribution >= 4 is 11.3 Å². The number of aromatic nitrogens is 3. The molecule has 0 aliphatic rings. The number of anilines is 1. The van der Waals surface area contributed by atoms with Crippen molar-refractivity contribution in [1.29, 1.82) is 0 Å². The highest BCUT2D eigenvalue weighted by molar-refractivity contribution is 5.69. The molecule has 0 aliphatic heterocycles. The van der Waals surface area contributed by atoms with Gasteiger partial charge >= 0.3 is 0 Å². The summed E-state index contributed by atoms with van der Waals surface area (Å²) in [6, 6.07) is 2.01. The molecule has 2 aromatic heterocycles. The van der Waals surface area contributed by atoms with Crippen LogP contribution in [0.5, 0.6) is 0 Å². The van der Waals surface area contributed by atoms with Crippen LogP contribution in [-0.4, -0.2) is 38.4 Å². The molecule has 2 rings (SSSR count). The summed E-state index contributed by atoms with van der Waals surface area (Å²) in [5.41, 5.74) is 1.18. The molecule has 0 saturated heterocycles. The maximum Gasteiger partial charge on any atom is 0.154 e. The highest BCUT2D eigenvalue weighted by Gasteiger charge is 2.20. The molecule has 0 aromatic carbocycles. The van der Waals surface area contributed by atoms with Crippen LogP contribution >= 0.6 is 0 Å². The van der Waals surface area contributed by atoms with Gasteiger partial charge in [0.05, 0.1) is 11.3 Å². The molecule has 98 valence electrons. The second-order valence-corrected chi connectivity index (χ2v) is 5.19. The summed E-state index contributed by atoms with van der Waals surface area (Å²) in [5.74, 6) is 0.864. The van der Waals surface area contributed by atoms with Gasteiger partial charge < -0.3 is 10.0 Å². The molecular formula is C13H20N4O. The topological polar surface area (TPSA) is 53.7 Å². The van der Waals surface area contributed by atoms with Gasteiger partial charge in [-0.05, 0) is 33.8 Å². The van der Waals surface area contributed by atoms with E-state index in [1.165, 1.54) is 0 Å². The van der Waals surface area contributed by atoms with Crippen molar-refractivity contribution in [2.75, 3.05) is 18.0 Å². The quantitative estimate of drug-likeness (QED) is 0.893. The zero-order valence-electron chi connectivity index (χ0n) is 11.4. The van der Waals surface area contributed by atoms with E-state index in [0.717, 1.165) is 23.6 Å². The Bertz CT molecular complexity index is 541. The molecule has 1 N–H and O–H groups in total. The van der Waals surface area contributed by atoms with Crippen molar-refractivity contribution in [3.8, 4) is 0 Å².